The van der Waals surface area contributed by atoms with Gasteiger partial charge in [-0.15, -0.1) is 0 Å². The summed E-state index contributed by atoms with van der Waals surface area (Å²) in [4.78, 5) is 2.32. The van der Waals surface area contributed by atoms with Crippen LogP contribution < -0.4 is 5.32 Å². The van der Waals surface area contributed by atoms with E-state index in [9.17, 15) is 10.2 Å². The Morgan fingerprint density at radius 3 is 2.50 bits per heavy atom. The average Bonchev–Trinajstić information content (AvgIpc) is 2.89. The highest BCUT2D eigenvalue weighted by atomic mass is 16.3. The Balaban J connectivity index is 2.04. The second kappa shape index (κ2) is 6.02. The maximum atomic E-state index is 9.91. The van der Waals surface area contributed by atoms with Crippen LogP contribution in [0.2, 0.25) is 0 Å². The zero-order valence-corrected chi connectivity index (χ0v) is 12.7. The third-order valence-corrected chi connectivity index (χ3v) is 4.70. The molecule has 1 aromatic rings. The summed E-state index contributed by atoms with van der Waals surface area (Å²) in [6.45, 7) is 2.92. The number of aromatic hydroxyl groups is 2. The molecule has 1 aliphatic rings. The first-order chi connectivity index (χ1) is 9.44. The quantitative estimate of drug-likeness (QED) is 0.725. The summed E-state index contributed by atoms with van der Waals surface area (Å²) in [5.74, 6) is 0.419. The molecule has 0 saturated heterocycles. The van der Waals surface area contributed by atoms with Gasteiger partial charge in [0.25, 0.3) is 0 Å². The van der Waals surface area contributed by atoms with Crippen LogP contribution in [0.1, 0.15) is 44.2 Å². The molecule has 1 aliphatic carbocycles. The highest BCUT2D eigenvalue weighted by molar-refractivity contribution is 5.40. The highest BCUT2D eigenvalue weighted by Gasteiger charge is 2.35. The van der Waals surface area contributed by atoms with Crippen molar-refractivity contribution in [3.05, 3.63) is 23.8 Å². The van der Waals surface area contributed by atoms with Crippen molar-refractivity contribution in [3.63, 3.8) is 0 Å². The van der Waals surface area contributed by atoms with Crippen LogP contribution in [0.4, 0.5) is 0 Å². The summed E-state index contributed by atoms with van der Waals surface area (Å²) < 4.78 is 0. The minimum absolute atomic E-state index is 0.0134. The molecular formula is C16H26N2O2. The molecule has 4 nitrogen and oxygen atoms in total. The molecule has 1 aromatic carbocycles. The van der Waals surface area contributed by atoms with Gasteiger partial charge in [0, 0.05) is 23.7 Å². The minimum Gasteiger partial charge on any atom is -0.508 e. The number of nitrogens with one attached hydrogen (secondary N) is 1. The van der Waals surface area contributed by atoms with Crippen molar-refractivity contribution >= 4 is 0 Å². The van der Waals surface area contributed by atoms with Gasteiger partial charge in [0.2, 0.25) is 0 Å². The number of nitrogens with zero attached hydrogens (tertiary/aromatic N) is 1. The van der Waals surface area contributed by atoms with Crippen molar-refractivity contribution < 1.29 is 10.2 Å². The fourth-order valence-electron chi connectivity index (χ4n) is 3.16. The molecule has 1 saturated carbocycles. The molecule has 0 aromatic heterocycles. The van der Waals surface area contributed by atoms with E-state index in [1.807, 2.05) is 6.92 Å². The van der Waals surface area contributed by atoms with E-state index in [1.54, 1.807) is 12.1 Å². The highest BCUT2D eigenvalue weighted by Crippen LogP contribution is 2.34. The Bertz CT molecular complexity index is 454. The number of phenols is 2. The fourth-order valence-corrected chi connectivity index (χ4v) is 3.16. The standard InChI is InChI=1S/C16H26N2O2/c1-12(14-10-13(19)6-7-15(14)20)17-11-16(18(2)3)8-4-5-9-16/h6-7,10,12,17,19-20H,4-5,8-9,11H2,1-3H3. The summed E-state index contributed by atoms with van der Waals surface area (Å²) in [5, 5.41) is 23.0. The lowest BCUT2D eigenvalue weighted by Gasteiger charge is -2.37. The van der Waals surface area contributed by atoms with Crippen LogP contribution in [0.3, 0.4) is 0 Å². The summed E-state index contributed by atoms with van der Waals surface area (Å²) in [7, 11) is 4.28. The molecule has 112 valence electrons. The first kappa shape index (κ1) is 15.1. The van der Waals surface area contributed by atoms with Crippen LogP contribution in [-0.4, -0.2) is 41.3 Å². The molecule has 0 radical (unpaired) electrons. The lowest BCUT2D eigenvalue weighted by atomic mass is 9.95. The SMILES string of the molecule is CC(NCC1(N(C)C)CCCC1)c1cc(O)ccc1O. The monoisotopic (exact) mass is 278 g/mol. The van der Waals surface area contributed by atoms with Gasteiger partial charge in [-0.05, 0) is 52.1 Å². The van der Waals surface area contributed by atoms with E-state index in [4.69, 9.17) is 0 Å². The average molecular weight is 278 g/mol. The van der Waals surface area contributed by atoms with Crippen LogP contribution in [0.5, 0.6) is 11.5 Å². The van der Waals surface area contributed by atoms with Crippen molar-refractivity contribution in [1.29, 1.82) is 0 Å². The maximum Gasteiger partial charge on any atom is 0.120 e. The molecule has 4 heteroatoms. The zero-order chi connectivity index (χ0) is 14.8. The molecule has 2 rings (SSSR count). The van der Waals surface area contributed by atoms with Crippen molar-refractivity contribution in [2.45, 2.75) is 44.2 Å². The largest absolute Gasteiger partial charge is 0.508 e. The van der Waals surface area contributed by atoms with E-state index >= 15 is 0 Å². The maximum absolute atomic E-state index is 9.91. The van der Waals surface area contributed by atoms with Crippen molar-refractivity contribution in [2.75, 3.05) is 20.6 Å². The summed E-state index contributed by atoms with van der Waals surface area (Å²) in [6.07, 6.45) is 4.99. The molecule has 0 bridgehead atoms. The van der Waals surface area contributed by atoms with E-state index < -0.39 is 0 Å². The third-order valence-electron chi connectivity index (χ3n) is 4.70. The van der Waals surface area contributed by atoms with Gasteiger partial charge in [-0.3, -0.25) is 0 Å². The Labute approximate surface area is 121 Å². The molecular weight excluding hydrogens is 252 g/mol. The zero-order valence-electron chi connectivity index (χ0n) is 12.7. The topological polar surface area (TPSA) is 55.7 Å². The molecule has 1 unspecified atom stereocenters. The second-order valence-corrected chi connectivity index (χ2v) is 6.17. The predicted octanol–water partition coefficient (Wildman–Crippen LogP) is 2.62. The number of rotatable bonds is 5. The fraction of sp³-hybridized carbons (Fsp3) is 0.625. The van der Waals surface area contributed by atoms with Crippen molar-refractivity contribution in [2.24, 2.45) is 0 Å². The number of likely N-dealkylation sites (N-methyl/N-ethyl adjacent to an activating group) is 1. The lowest BCUT2D eigenvalue weighted by Crippen LogP contribution is -2.50. The Kier molecular flexibility index (Phi) is 4.55. The molecule has 0 aliphatic heterocycles. The van der Waals surface area contributed by atoms with Crippen molar-refractivity contribution in [1.82, 2.24) is 10.2 Å². The number of phenolic OH excluding ortho intramolecular Hbond substituents is 2. The number of hydrogen-bond donors (Lipinski definition) is 3. The first-order valence-corrected chi connectivity index (χ1v) is 7.37. The van der Waals surface area contributed by atoms with Crippen LogP contribution in [0.25, 0.3) is 0 Å². The van der Waals surface area contributed by atoms with E-state index in [2.05, 4.69) is 24.3 Å². The third kappa shape index (κ3) is 3.07. The Morgan fingerprint density at radius 1 is 1.25 bits per heavy atom. The number of benzene rings is 1. The van der Waals surface area contributed by atoms with E-state index in [1.165, 1.54) is 31.7 Å². The predicted molar refractivity (Wildman–Crippen MR) is 81.1 cm³/mol. The summed E-state index contributed by atoms with van der Waals surface area (Å²) >= 11 is 0. The van der Waals surface area contributed by atoms with Crippen LogP contribution in [-0.2, 0) is 0 Å². The minimum atomic E-state index is 0.0134. The van der Waals surface area contributed by atoms with Gasteiger partial charge < -0.3 is 20.4 Å². The summed E-state index contributed by atoms with van der Waals surface area (Å²) in [6, 6.07) is 4.69. The molecule has 1 fully saturated rings. The molecule has 0 spiro atoms. The number of hydrogen-bond acceptors (Lipinski definition) is 4. The molecule has 0 heterocycles. The Morgan fingerprint density at radius 2 is 1.90 bits per heavy atom. The normalized spacial score (nSPS) is 19.4. The van der Waals surface area contributed by atoms with Crippen LogP contribution in [0, 0.1) is 0 Å². The van der Waals surface area contributed by atoms with Gasteiger partial charge in [0.15, 0.2) is 0 Å². The lowest BCUT2D eigenvalue weighted by molar-refractivity contribution is 0.150. The molecule has 3 N–H and O–H groups in total. The molecule has 20 heavy (non-hydrogen) atoms. The van der Waals surface area contributed by atoms with E-state index in [0.717, 1.165) is 12.1 Å². The van der Waals surface area contributed by atoms with Gasteiger partial charge in [-0.2, -0.15) is 0 Å². The van der Waals surface area contributed by atoms with Gasteiger partial charge in [0.1, 0.15) is 11.5 Å². The van der Waals surface area contributed by atoms with Crippen molar-refractivity contribution in [3.8, 4) is 11.5 Å². The van der Waals surface area contributed by atoms with Crippen LogP contribution in [0.15, 0.2) is 18.2 Å². The van der Waals surface area contributed by atoms with Gasteiger partial charge in [0.05, 0.1) is 0 Å². The Hall–Kier alpha value is -1.26. The first-order valence-electron chi connectivity index (χ1n) is 7.37. The molecule has 0 amide bonds. The van der Waals surface area contributed by atoms with Gasteiger partial charge in [-0.25, -0.2) is 0 Å². The van der Waals surface area contributed by atoms with E-state index in [0.29, 0.717) is 0 Å². The second-order valence-electron chi connectivity index (χ2n) is 6.17. The van der Waals surface area contributed by atoms with E-state index in [-0.39, 0.29) is 23.1 Å². The molecule has 1 atom stereocenters. The van der Waals surface area contributed by atoms with Gasteiger partial charge in [-0.1, -0.05) is 12.8 Å². The van der Waals surface area contributed by atoms with Gasteiger partial charge >= 0.3 is 0 Å². The smallest absolute Gasteiger partial charge is 0.120 e. The summed E-state index contributed by atoms with van der Waals surface area (Å²) in [5.41, 5.74) is 0.970. The van der Waals surface area contributed by atoms with Crippen LogP contribution >= 0.6 is 0 Å².